The molecule has 0 unspecified atom stereocenters. The minimum absolute atomic E-state index is 0.0300. The first kappa shape index (κ1) is 31.3. The molecular formula is C30H34F3N3O5S. The highest BCUT2D eigenvalue weighted by atomic mass is 32.2. The van der Waals surface area contributed by atoms with Crippen LogP contribution in [0.3, 0.4) is 0 Å². The molecule has 4 rings (SSSR count). The molecule has 42 heavy (non-hydrogen) atoms. The van der Waals surface area contributed by atoms with Gasteiger partial charge in [0.05, 0.1) is 18.7 Å². The molecule has 0 aromatic heterocycles. The van der Waals surface area contributed by atoms with Crippen molar-refractivity contribution in [2.45, 2.75) is 44.0 Å². The number of aliphatic hydroxyl groups is 1. The van der Waals surface area contributed by atoms with E-state index in [-0.39, 0.29) is 36.0 Å². The van der Waals surface area contributed by atoms with E-state index in [1.54, 1.807) is 26.0 Å². The van der Waals surface area contributed by atoms with Crippen LogP contribution >= 0.6 is 0 Å². The van der Waals surface area contributed by atoms with Gasteiger partial charge in [0.25, 0.3) is 0 Å². The van der Waals surface area contributed by atoms with Crippen molar-refractivity contribution in [3.05, 3.63) is 77.9 Å². The summed E-state index contributed by atoms with van der Waals surface area (Å²) in [7, 11) is -2.52. The number of benzene rings is 3. The molecule has 226 valence electrons. The first-order valence-corrected chi connectivity index (χ1v) is 14.8. The molecule has 3 aromatic carbocycles. The number of carbonyl (C=O) groups excluding carboxylic acids is 1. The number of carbonyl (C=O) groups is 1. The number of alkyl halides is 3. The predicted octanol–water partition coefficient (Wildman–Crippen LogP) is 5.61. The molecule has 0 fully saturated rings. The molecule has 1 aliphatic heterocycles. The number of aryl methyl sites for hydroxylation is 1. The maximum absolute atomic E-state index is 13.7. The van der Waals surface area contributed by atoms with Gasteiger partial charge in [0.15, 0.2) is 0 Å². The Morgan fingerprint density at radius 1 is 1.10 bits per heavy atom. The Morgan fingerprint density at radius 2 is 1.71 bits per heavy atom. The van der Waals surface area contributed by atoms with Gasteiger partial charge in [-0.1, -0.05) is 42.8 Å². The highest BCUT2D eigenvalue weighted by molar-refractivity contribution is 7.89. The van der Waals surface area contributed by atoms with Gasteiger partial charge in [0, 0.05) is 31.2 Å². The van der Waals surface area contributed by atoms with Crippen LogP contribution in [0, 0.1) is 12.8 Å². The number of hydrogen-bond acceptors (Lipinski definition) is 5. The zero-order valence-corrected chi connectivity index (χ0v) is 24.5. The highest BCUT2D eigenvalue weighted by Crippen LogP contribution is 2.37. The van der Waals surface area contributed by atoms with Crippen molar-refractivity contribution >= 4 is 21.7 Å². The Labute approximate surface area is 243 Å². The number of rotatable bonds is 6. The predicted molar refractivity (Wildman–Crippen MR) is 154 cm³/mol. The Hall–Kier alpha value is -3.61. The first-order chi connectivity index (χ1) is 19.7. The van der Waals surface area contributed by atoms with Crippen LogP contribution in [0.15, 0.2) is 71.6 Å². The minimum atomic E-state index is -4.49. The molecular weight excluding hydrogens is 571 g/mol. The number of ether oxygens (including phenoxy) is 1. The van der Waals surface area contributed by atoms with Gasteiger partial charge >= 0.3 is 12.2 Å². The van der Waals surface area contributed by atoms with E-state index >= 15 is 0 Å². The molecule has 0 aliphatic carbocycles. The zero-order chi connectivity index (χ0) is 30.8. The normalized spacial score (nSPS) is 19.5. The smallest absolute Gasteiger partial charge is 0.416 e. The van der Waals surface area contributed by atoms with Crippen LogP contribution in [0.4, 0.5) is 23.7 Å². The summed E-state index contributed by atoms with van der Waals surface area (Å²) in [5.74, 6) is -0.289. The third-order valence-corrected chi connectivity index (χ3v) is 9.34. The lowest BCUT2D eigenvalue weighted by molar-refractivity contribution is -0.137. The van der Waals surface area contributed by atoms with E-state index < -0.39 is 45.9 Å². The molecule has 1 aliphatic rings. The summed E-state index contributed by atoms with van der Waals surface area (Å²) in [6.07, 6.45) is -5.15. The number of aliphatic hydroxyl groups excluding tert-OH is 1. The Bertz CT molecular complexity index is 1510. The van der Waals surface area contributed by atoms with Crippen LogP contribution in [0.5, 0.6) is 5.75 Å². The number of halogens is 3. The molecule has 2 amide bonds. The van der Waals surface area contributed by atoms with E-state index in [0.29, 0.717) is 0 Å². The molecule has 3 atom stereocenters. The van der Waals surface area contributed by atoms with Gasteiger partial charge in [0.1, 0.15) is 16.7 Å². The Kier molecular flexibility index (Phi) is 9.19. The largest absolute Gasteiger partial charge is 0.487 e. The van der Waals surface area contributed by atoms with Gasteiger partial charge < -0.3 is 20.1 Å². The van der Waals surface area contributed by atoms with Gasteiger partial charge in [-0.15, -0.1) is 0 Å². The minimum Gasteiger partial charge on any atom is -0.487 e. The lowest BCUT2D eigenvalue weighted by Crippen LogP contribution is -2.50. The lowest BCUT2D eigenvalue weighted by Gasteiger charge is -2.37. The molecule has 0 saturated carbocycles. The third-order valence-electron chi connectivity index (χ3n) is 7.32. The number of nitrogens with zero attached hydrogens (tertiary/aromatic N) is 2. The maximum Gasteiger partial charge on any atom is 0.416 e. The van der Waals surface area contributed by atoms with E-state index in [9.17, 15) is 31.5 Å². The molecule has 8 nitrogen and oxygen atoms in total. The van der Waals surface area contributed by atoms with Crippen molar-refractivity contribution in [1.29, 1.82) is 0 Å². The fraction of sp³-hybridized carbons (Fsp3) is 0.367. The fourth-order valence-electron chi connectivity index (χ4n) is 4.68. The zero-order valence-electron chi connectivity index (χ0n) is 23.7. The number of hydrogen-bond donors (Lipinski definition) is 2. The van der Waals surface area contributed by atoms with Gasteiger partial charge in [-0.25, -0.2) is 13.2 Å². The Balaban J connectivity index is 1.63. The molecule has 1 heterocycles. The van der Waals surface area contributed by atoms with Crippen molar-refractivity contribution in [3.63, 3.8) is 0 Å². The summed E-state index contributed by atoms with van der Waals surface area (Å²) in [5.41, 5.74) is 2.04. The van der Waals surface area contributed by atoms with Crippen molar-refractivity contribution < 1.29 is 36.2 Å². The fourth-order valence-corrected chi connectivity index (χ4v) is 6.51. The van der Waals surface area contributed by atoms with Gasteiger partial charge in [0.2, 0.25) is 10.0 Å². The molecule has 12 heteroatoms. The van der Waals surface area contributed by atoms with E-state index in [1.165, 1.54) is 34.5 Å². The molecule has 0 spiro atoms. The maximum atomic E-state index is 13.7. The quantitative estimate of drug-likeness (QED) is 0.381. The summed E-state index contributed by atoms with van der Waals surface area (Å²) >= 11 is 0. The number of likely N-dealkylation sites (N-methyl/N-ethyl adjacent to an activating group) is 1. The number of nitrogens with one attached hydrogen (secondary N) is 1. The van der Waals surface area contributed by atoms with Crippen LogP contribution in [0.25, 0.3) is 11.1 Å². The lowest BCUT2D eigenvalue weighted by atomic mass is 10.0. The SMILES string of the molecule is Cc1ccc(-c2ccc3c(c2)O[C@@H](CN(C)C(=O)Nc2ccc(C(F)(F)F)cc2)[C@@H](C)CN([C@H](C)CO)S3(=O)=O)cc1. The van der Waals surface area contributed by atoms with Crippen LogP contribution in [0.1, 0.15) is 25.0 Å². The summed E-state index contributed by atoms with van der Waals surface area (Å²) < 4.78 is 73.7. The number of fused-ring (bicyclic) bond motifs is 1. The number of anilines is 1. The van der Waals surface area contributed by atoms with Crippen LogP contribution in [-0.4, -0.2) is 67.7 Å². The standard InChI is InChI=1S/C30H34F3N3O5S/c1-19-5-7-22(8-6-19)23-9-14-28-26(15-23)41-27(20(2)16-36(21(3)18-37)42(28,39)40)17-35(4)29(38)34-25-12-10-24(11-13-25)30(31,32)33/h5-15,20-21,27,37H,16-18H2,1-4H3,(H,34,38)/t20-,21+,27-/m0/s1. The van der Waals surface area contributed by atoms with Crippen molar-refractivity contribution in [2.24, 2.45) is 5.92 Å². The van der Waals surface area contributed by atoms with Crippen LogP contribution in [0.2, 0.25) is 0 Å². The van der Waals surface area contributed by atoms with Crippen molar-refractivity contribution in [3.8, 4) is 16.9 Å². The average Bonchev–Trinajstić information content (AvgIpc) is 2.94. The van der Waals surface area contributed by atoms with E-state index in [0.717, 1.165) is 28.8 Å². The second-order valence-electron chi connectivity index (χ2n) is 10.7. The van der Waals surface area contributed by atoms with Crippen molar-refractivity contribution in [1.82, 2.24) is 9.21 Å². The number of urea groups is 1. The second kappa shape index (κ2) is 12.3. The molecule has 0 saturated heterocycles. The van der Waals surface area contributed by atoms with Crippen molar-refractivity contribution in [2.75, 3.05) is 32.1 Å². The highest BCUT2D eigenvalue weighted by Gasteiger charge is 2.38. The molecule has 2 N–H and O–H groups in total. The van der Waals surface area contributed by atoms with Crippen LogP contribution < -0.4 is 10.1 Å². The monoisotopic (exact) mass is 605 g/mol. The summed E-state index contributed by atoms with van der Waals surface area (Å²) in [4.78, 5) is 14.2. The third kappa shape index (κ3) is 6.88. The van der Waals surface area contributed by atoms with E-state index in [1.807, 2.05) is 31.2 Å². The molecule has 0 radical (unpaired) electrons. The summed E-state index contributed by atoms with van der Waals surface area (Å²) in [6.45, 7) is 5.07. The Morgan fingerprint density at radius 3 is 2.31 bits per heavy atom. The first-order valence-electron chi connectivity index (χ1n) is 13.4. The number of sulfonamides is 1. The molecule has 0 bridgehead atoms. The van der Waals surface area contributed by atoms with E-state index in [4.69, 9.17) is 4.74 Å². The van der Waals surface area contributed by atoms with Gasteiger partial charge in [-0.05, 0) is 61.4 Å². The number of amides is 2. The molecule has 3 aromatic rings. The topological polar surface area (TPSA) is 99.2 Å². The second-order valence-corrected chi connectivity index (χ2v) is 12.5. The van der Waals surface area contributed by atoms with Crippen LogP contribution in [-0.2, 0) is 16.2 Å². The summed E-state index contributed by atoms with van der Waals surface area (Å²) in [5, 5.41) is 12.4. The summed E-state index contributed by atoms with van der Waals surface area (Å²) in [6, 6.07) is 15.4. The average molecular weight is 606 g/mol. The van der Waals surface area contributed by atoms with Gasteiger partial charge in [-0.2, -0.15) is 17.5 Å². The van der Waals surface area contributed by atoms with E-state index in [2.05, 4.69) is 5.32 Å². The van der Waals surface area contributed by atoms with Gasteiger partial charge in [-0.3, -0.25) is 0 Å².